The van der Waals surface area contributed by atoms with E-state index < -0.39 is 0 Å². The Morgan fingerprint density at radius 3 is 2.80 bits per heavy atom. The molecular weight excluding hydrogens is 204 g/mol. The highest BCUT2D eigenvalue weighted by Gasteiger charge is 2.29. The molecule has 0 heterocycles. The lowest BCUT2D eigenvalue weighted by atomic mass is 9.70. The van der Waals surface area contributed by atoms with Crippen LogP contribution in [0.3, 0.4) is 0 Å². The molecule has 2 rings (SSSR count). The molecule has 0 bridgehead atoms. The van der Waals surface area contributed by atoms with E-state index in [1.54, 1.807) is 0 Å². The molecular formula is C14H17Cl. The van der Waals surface area contributed by atoms with Crippen LogP contribution in [0.1, 0.15) is 36.8 Å². The summed E-state index contributed by atoms with van der Waals surface area (Å²) < 4.78 is 0. The van der Waals surface area contributed by atoms with Crippen LogP contribution in [0.5, 0.6) is 0 Å². The van der Waals surface area contributed by atoms with Crippen LogP contribution in [0.4, 0.5) is 0 Å². The van der Waals surface area contributed by atoms with Crippen molar-refractivity contribution >= 4 is 11.6 Å². The second-order valence-corrected chi connectivity index (χ2v) is 4.93. The molecule has 0 nitrogen and oxygen atoms in total. The first-order valence-corrected chi connectivity index (χ1v) is 5.99. The Morgan fingerprint density at radius 1 is 1.47 bits per heavy atom. The quantitative estimate of drug-likeness (QED) is 0.654. The summed E-state index contributed by atoms with van der Waals surface area (Å²) >= 11 is 6.06. The lowest BCUT2D eigenvalue weighted by Gasteiger charge is -2.35. The van der Waals surface area contributed by atoms with E-state index in [-0.39, 0.29) is 0 Å². The van der Waals surface area contributed by atoms with Gasteiger partial charge >= 0.3 is 0 Å². The van der Waals surface area contributed by atoms with Gasteiger partial charge in [0, 0.05) is 5.02 Å². The Hall–Kier alpha value is -0.750. The van der Waals surface area contributed by atoms with Gasteiger partial charge < -0.3 is 0 Å². The Morgan fingerprint density at radius 2 is 2.27 bits per heavy atom. The third-order valence-corrected chi connectivity index (χ3v) is 3.73. The molecule has 2 unspecified atom stereocenters. The van der Waals surface area contributed by atoms with Crippen molar-refractivity contribution in [1.29, 1.82) is 0 Å². The zero-order valence-electron chi connectivity index (χ0n) is 9.17. The van der Waals surface area contributed by atoms with Gasteiger partial charge in [-0.3, -0.25) is 0 Å². The summed E-state index contributed by atoms with van der Waals surface area (Å²) in [5.41, 5.74) is 2.84. The van der Waals surface area contributed by atoms with Crippen LogP contribution in [0, 0.1) is 5.92 Å². The first-order chi connectivity index (χ1) is 7.22. The highest BCUT2D eigenvalue weighted by molar-refractivity contribution is 6.30. The molecule has 0 N–H and O–H groups in total. The van der Waals surface area contributed by atoms with Gasteiger partial charge in [0.1, 0.15) is 0 Å². The minimum Gasteiger partial charge on any atom is -0.103 e. The maximum absolute atomic E-state index is 6.06. The average Bonchev–Trinajstić information content (AvgIpc) is 2.20. The topological polar surface area (TPSA) is 0 Å². The standard InChI is InChI=1S/C14H17Cl/c1-3-4-11-6-7-12(15)9-14(11)13-8-5-10(13)2/h3,6-7,9-10,13H,1,4-5,8H2,2H3. The summed E-state index contributed by atoms with van der Waals surface area (Å²) in [5, 5.41) is 0.858. The molecule has 15 heavy (non-hydrogen) atoms. The van der Waals surface area contributed by atoms with E-state index in [1.807, 2.05) is 12.1 Å². The largest absolute Gasteiger partial charge is 0.103 e. The zero-order chi connectivity index (χ0) is 10.8. The molecule has 80 valence electrons. The van der Waals surface area contributed by atoms with Crippen LogP contribution >= 0.6 is 11.6 Å². The van der Waals surface area contributed by atoms with Crippen LogP contribution < -0.4 is 0 Å². The minimum atomic E-state index is 0.721. The Labute approximate surface area is 97.0 Å². The van der Waals surface area contributed by atoms with E-state index in [0.29, 0.717) is 0 Å². The van der Waals surface area contributed by atoms with E-state index in [2.05, 4.69) is 25.6 Å². The summed E-state index contributed by atoms with van der Waals surface area (Å²) in [6, 6.07) is 6.26. The molecule has 1 aromatic carbocycles. The number of rotatable bonds is 3. The number of hydrogen-bond acceptors (Lipinski definition) is 0. The lowest BCUT2D eigenvalue weighted by Crippen LogP contribution is -2.21. The van der Waals surface area contributed by atoms with Crippen LogP contribution in [0.2, 0.25) is 5.02 Å². The Kier molecular flexibility index (Phi) is 3.16. The van der Waals surface area contributed by atoms with Crippen molar-refractivity contribution < 1.29 is 0 Å². The van der Waals surface area contributed by atoms with E-state index >= 15 is 0 Å². The van der Waals surface area contributed by atoms with Crippen molar-refractivity contribution in [3.8, 4) is 0 Å². The van der Waals surface area contributed by atoms with Gasteiger partial charge in [0.05, 0.1) is 0 Å². The van der Waals surface area contributed by atoms with E-state index in [0.717, 1.165) is 23.3 Å². The van der Waals surface area contributed by atoms with Crippen LogP contribution in [0.15, 0.2) is 30.9 Å². The van der Waals surface area contributed by atoms with Crippen molar-refractivity contribution in [2.45, 2.75) is 32.1 Å². The molecule has 0 spiro atoms. The van der Waals surface area contributed by atoms with Gasteiger partial charge in [0.15, 0.2) is 0 Å². The van der Waals surface area contributed by atoms with Crippen LogP contribution in [0.25, 0.3) is 0 Å². The molecule has 1 fully saturated rings. The highest BCUT2D eigenvalue weighted by Crippen LogP contribution is 2.44. The summed E-state index contributed by atoms with van der Waals surface area (Å²) in [7, 11) is 0. The Bertz CT molecular complexity index is 368. The van der Waals surface area contributed by atoms with Gasteiger partial charge in [0.2, 0.25) is 0 Å². The predicted molar refractivity (Wildman–Crippen MR) is 66.5 cm³/mol. The first-order valence-electron chi connectivity index (χ1n) is 5.61. The van der Waals surface area contributed by atoms with Gasteiger partial charge in [-0.15, -0.1) is 6.58 Å². The van der Waals surface area contributed by atoms with Gasteiger partial charge in [-0.25, -0.2) is 0 Å². The van der Waals surface area contributed by atoms with Crippen molar-refractivity contribution in [3.63, 3.8) is 0 Å². The van der Waals surface area contributed by atoms with E-state index in [1.165, 1.54) is 24.0 Å². The lowest BCUT2D eigenvalue weighted by molar-refractivity contribution is 0.279. The zero-order valence-corrected chi connectivity index (χ0v) is 9.93. The molecule has 1 aliphatic carbocycles. The third kappa shape index (κ3) is 2.10. The van der Waals surface area contributed by atoms with Crippen LogP contribution in [-0.2, 0) is 6.42 Å². The third-order valence-electron chi connectivity index (χ3n) is 3.49. The predicted octanol–water partition coefficient (Wildman–Crippen LogP) is 4.58. The van der Waals surface area contributed by atoms with Crippen LogP contribution in [-0.4, -0.2) is 0 Å². The molecule has 1 saturated carbocycles. The highest BCUT2D eigenvalue weighted by atomic mass is 35.5. The van der Waals surface area contributed by atoms with Gasteiger partial charge in [-0.1, -0.05) is 30.7 Å². The van der Waals surface area contributed by atoms with Crippen molar-refractivity contribution in [2.24, 2.45) is 5.92 Å². The smallest absolute Gasteiger partial charge is 0.0409 e. The summed E-state index contributed by atoms with van der Waals surface area (Å²) in [5.74, 6) is 1.53. The fourth-order valence-corrected chi connectivity index (χ4v) is 2.56. The number of hydrogen-bond donors (Lipinski definition) is 0. The molecule has 0 saturated heterocycles. The molecule has 0 aromatic heterocycles. The normalized spacial score (nSPS) is 24.7. The molecule has 0 amide bonds. The SMILES string of the molecule is C=CCc1ccc(Cl)cc1C1CCC1C. The maximum atomic E-state index is 6.06. The number of benzene rings is 1. The van der Waals surface area contributed by atoms with Gasteiger partial charge in [0.25, 0.3) is 0 Å². The summed E-state index contributed by atoms with van der Waals surface area (Å²) in [6.45, 7) is 6.13. The van der Waals surface area contributed by atoms with Crippen molar-refractivity contribution in [1.82, 2.24) is 0 Å². The molecule has 1 aromatic rings. The van der Waals surface area contributed by atoms with Gasteiger partial charge in [-0.05, 0) is 54.4 Å². The Balaban J connectivity index is 2.33. The molecule has 1 aliphatic rings. The fourth-order valence-electron chi connectivity index (χ4n) is 2.38. The van der Waals surface area contributed by atoms with E-state index in [9.17, 15) is 0 Å². The minimum absolute atomic E-state index is 0.721. The second kappa shape index (κ2) is 4.40. The fraction of sp³-hybridized carbons (Fsp3) is 0.429. The summed E-state index contributed by atoms with van der Waals surface area (Å²) in [6.07, 6.45) is 5.59. The van der Waals surface area contributed by atoms with Crippen molar-refractivity contribution in [2.75, 3.05) is 0 Å². The van der Waals surface area contributed by atoms with Gasteiger partial charge in [-0.2, -0.15) is 0 Å². The monoisotopic (exact) mass is 220 g/mol. The first kappa shape index (κ1) is 10.8. The number of halogens is 1. The van der Waals surface area contributed by atoms with E-state index in [4.69, 9.17) is 11.6 Å². The summed E-state index contributed by atoms with van der Waals surface area (Å²) in [4.78, 5) is 0. The van der Waals surface area contributed by atoms with Crippen molar-refractivity contribution in [3.05, 3.63) is 47.0 Å². The molecule has 0 aliphatic heterocycles. The molecule has 2 atom stereocenters. The molecule has 1 heteroatoms. The molecule has 0 radical (unpaired) electrons. The maximum Gasteiger partial charge on any atom is 0.0409 e. The number of allylic oxidation sites excluding steroid dienone is 1. The second-order valence-electron chi connectivity index (χ2n) is 4.50. The average molecular weight is 221 g/mol.